The number of pyridine rings is 4. The zero-order valence-electron chi connectivity index (χ0n) is 26.7. The number of fused-ring (bicyclic) bond motifs is 2. The topological polar surface area (TPSA) is 151 Å². The van der Waals surface area contributed by atoms with Crippen molar-refractivity contribution in [2.24, 2.45) is 11.8 Å². The Morgan fingerprint density at radius 1 is 0.667 bits per heavy atom. The minimum absolute atomic E-state index is 0.107. The summed E-state index contributed by atoms with van der Waals surface area (Å²) in [6.45, 7) is 4.62. The molecule has 242 valence electrons. The van der Waals surface area contributed by atoms with Crippen molar-refractivity contribution in [1.29, 1.82) is 0 Å². The van der Waals surface area contributed by atoms with Gasteiger partial charge in [-0.05, 0) is 93.0 Å². The van der Waals surface area contributed by atoms with Crippen molar-refractivity contribution in [3.8, 4) is 22.5 Å². The number of piperidine rings is 2. The Bertz CT molecular complexity index is 2010. The van der Waals surface area contributed by atoms with Crippen LogP contribution in [0.15, 0.2) is 79.9 Å². The van der Waals surface area contributed by atoms with Gasteiger partial charge in [0.2, 0.25) is 0 Å². The molecule has 0 radical (unpaired) electrons. The smallest absolute Gasteiger partial charge is 0.154 e. The third-order valence-electron chi connectivity index (χ3n) is 9.38. The fourth-order valence-corrected chi connectivity index (χ4v) is 6.91. The first kappa shape index (κ1) is 30.2. The molecule has 4 N–H and O–H groups in total. The quantitative estimate of drug-likeness (QED) is 0.168. The van der Waals surface area contributed by atoms with E-state index >= 15 is 0 Å². The first-order valence-corrected chi connectivity index (χ1v) is 16.8. The lowest BCUT2D eigenvalue weighted by Gasteiger charge is -2.33. The summed E-state index contributed by atoms with van der Waals surface area (Å²) in [5.74, 6) is 2.35. The Balaban J connectivity index is 1.06. The van der Waals surface area contributed by atoms with Gasteiger partial charge in [-0.15, -0.1) is 0 Å². The van der Waals surface area contributed by atoms with Crippen LogP contribution in [0.3, 0.4) is 0 Å². The van der Waals surface area contributed by atoms with Crippen molar-refractivity contribution in [3.05, 3.63) is 85.5 Å². The van der Waals surface area contributed by atoms with Crippen LogP contribution in [0.5, 0.6) is 0 Å². The number of nitrogens with one attached hydrogen (secondary N) is 4. The van der Waals surface area contributed by atoms with Crippen molar-refractivity contribution in [2.75, 3.05) is 43.4 Å². The summed E-state index contributed by atoms with van der Waals surface area (Å²) < 4.78 is 0. The van der Waals surface area contributed by atoms with Crippen LogP contribution in [0.25, 0.3) is 44.6 Å². The van der Waals surface area contributed by atoms with E-state index in [4.69, 9.17) is 15.0 Å². The second-order valence-electron chi connectivity index (χ2n) is 12.6. The molecule has 2 aliphatic rings. The molecule has 0 aromatic carbocycles. The van der Waals surface area contributed by atoms with Crippen molar-refractivity contribution >= 4 is 33.7 Å². The monoisotopic (exact) mass is 638 g/mol. The normalized spacial score (nSPS) is 19.7. The van der Waals surface area contributed by atoms with Gasteiger partial charge in [0.25, 0.3) is 0 Å². The molecule has 0 spiro atoms. The van der Waals surface area contributed by atoms with Gasteiger partial charge in [0.05, 0.1) is 22.4 Å². The van der Waals surface area contributed by atoms with E-state index < -0.39 is 0 Å². The zero-order valence-corrected chi connectivity index (χ0v) is 26.7. The lowest BCUT2D eigenvalue weighted by atomic mass is 9.86. The van der Waals surface area contributed by atoms with Gasteiger partial charge in [-0.2, -0.15) is 0 Å². The molecule has 0 amide bonds. The van der Waals surface area contributed by atoms with Gasteiger partial charge in [-0.25, -0.2) is 19.9 Å². The van der Waals surface area contributed by atoms with Gasteiger partial charge in [-0.1, -0.05) is 0 Å². The molecule has 6 aromatic heterocycles. The van der Waals surface area contributed by atoms with E-state index in [1.807, 2.05) is 36.7 Å². The summed E-state index contributed by atoms with van der Waals surface area (Å²) in [7, 11) is 0. The molecule has 8 heterocycles. The second-order valence-corrected chi connectivity index (χ2v) is 12.6. The van der Waals surface area contributed by atoms with Crippen LogP contribution in [0.1, 0.15) is 37.3 Å². The Labute approximate surface area is 278 Å². The van der Waals surface area contributed by atoms with Gasteiger partial charge in [0, 0.05) is 79.8 Å². The second kappa shape index (κ2) is 13.9. The molecule has 12 heteroatoms. The highest BCUT2D eigenvalue weighted by Gasteiger charge is 2.27. The first-order chi connectivity index (χ1) is 23.8. The minimum Gasteiger partial charge on any atom is -0.368 e. The molecule has 2 fully saturated rings. The van der Waals surface area contributed by atoms with Crippen LogP contribution >= 0.6 is 0 Å². The van der Waals surface area contributed by atoms with Crippen LogP contribution in [0, 0.1) is 11.8 Å². The summed E-state index contributed by atoms with van der Waals surface area (Å²) in [5, 5.41) is 14.5. The molecule has 2 aliphatic heterocycles. The van der Waals surface area contributed by atoms with E-state index in [-0.39, 0.29) is 6.04 Å². The van der Waals surface area contributed by atoms with E-state index in [1.54, 1.807) is 37.2 Å². The van der Waals surface area contributed by atoms with Crippen molar-refractivity contribution in [3.63, 3.8) is 0 Å². The molecular weight excluding hydrogens is 600 g/mol. The molecule has 8 rings (SSSR count). The highest BCUT2D eigenvalue weighted by atomic mass is 15.0. The molecule has 3 atom stereocenters. The maximum absolute atomic E-state index is 5.07. The molecule has 3 unspecified atom stereocenters. The highest BCUT2D eigenvalue weighted by Crippen LogP contribution is 2.33. The third-order valence-corrected chi connectivity index (χ3v) is 9.38. The Hall–Kier alpha value is -5.20. The van der Waals surface area contributed by atoms with Crippen LogP contribution in [0.2, 0.25) is 0 Å². The summed E-state index contributed by atoms with van der Waals surface area (Å²) in [6, 6.07) is 10.2. The lowest BCUT2D eigenvalue weighted by molar-refractivity contribution is 0.296. The van der Waals surface area contributed by atoms with E-state index in [0.717, 1.165) is 101 Å². The summed E-state index contributed by atoms with van der Waals surface area (Å²) in [4.78, 5) is 37.4. The highest BCUT2D eigenvalue weighted by molar-refractivity contribution is 5.89. The number of anilines is 2. The fourth-order valence-electron chi connectivity index (χ4n) is 6.91. The largest absolute Gasteiger partial charge is 0.368 e. The number of nitrogens with zero attached hydrogens (tertiary/aromatic N) is 8. The first-order valence-electron chi connectivity index (χ1n) is 16.8. The molecule has 2 saturated heterocycles. The Morgan fingerprint density at radius 3 is 2.08 bits per heavy atom. The SMILES string of the molecule is c1cc(-c2cc3nccnc3c(NCC3CCCNC3c3cncc(-c4cc5nccnc5c(NCC5CCCNC5)n4)c3)n2)ccn1. The van der Waals surface area contributed by atoms with Crippen LogP contribution < -0.4 is 21.3 Å². The summed E-state index contributed by atoms with van der Waals surface area (Å²) >= 11 is 0. The van der Waals surface area contributed by atoms with E-state index in [0.29, 0.717) is 18.4 Å². The predicted molar refractivity (Wildman–Crippen MR) is 187 cm³/mol. The summed E-state index contributed by atoms with van der Waals surface area (Å²) in [6.07, 6.45) is 18.9. The van der Waals surface area contributed by atoms with Gasteiger partial charge < -0.3 is 21.3 Å². The Morgan fingerprint density at radius 2 is 1.35 bits per heavy atom. The molecule has 0 bridgehead atoms. The number of hydrogen-bond donors (Lipinski definition) is 4. The minimum atomic E-state index is 0.107. The van der Waals surface area contributed by atoms with E-state index in [9.17, 15) is 0 Å². The number of aromatic nitrogens is 8. The van der Waals surface area contributed by atoms with Crippen molar-refractivity contribution < 1.29 is 0 Å². The molecule has 48 heavy (non-hydrogen) atoms. The average molecular weight is 639 g/mol. The molecule has 0 aliphatic carbocycles. The van der Waals surface area contributed by atoms with Gasteiger partial charge in [-0.3, -0.25) is 19.9 Å². The van der Waals surface area contributed by atoms with Crippen LogP contribution in [-0.4, -0.2) is 72.6 Å². The third kappa shape index (κ3) is 6.49. The van der Waals surface area contributed by atoms with Crippen molar-refractivity contribution in [2.45, 2.75) is 31.7 Å². The van der Waals surface area contributed by atoms with Crippen molar-refractivity contribution in [1.82, 2.24) is 50.5 Å². The Kier molecular flexibility index (Phi) is 8.72. The number of rotatable bonds is 9. The van der Waals surface area contributed by atoms with Crippen LogP contribution in [-0.2, 0) is 0 Å². The maximum atomic E-state index is 5.07. The average Bonchev–Trinajstić information content (AvgIpc) is 3.16. The molecule has 12 nitrogen and oxygen atoms in total. The fraction of sp³-hybridized carbons (Fsp3) is 0.333. The lowest BCUT2D eigenvalue weighted by Crippen LogP contribution is -2.37. The van der Waals surface area contributed by atoms with Gasteiger partial charge in [0.1, 0.15) is 11.0 Å². The standard InChI is InChI=1S/C36H38N12/c1-3-23(18-38-7-1)19-45-35-33-31(41-12-13-43-33)17-29(48-35)26-15-27(21-39-20-26)32-25(4-2-8-42-32)22-46-36-34-30(40-11-14-44-34)16-28(47-36)24-5-9-37-10-6-24/h5-6,9-17,20-21,23,25,32,38,42H,1-4,7-8,18-19,22H2,(H,45,48)(H,46,47). The van der Waals surface area contributed by atoms with Crippen LogP contribution in [0.4, 0.5) is 11.6 Å². The number of hydrogen-bond acceptors (Lipinski definition) is 12. The summed E-state index contributed by atoms with van der Waals surface area (Å²) in [5.41, 5.74) is 7.88. The molecule has 0 saturated carbocycles. The van der Waals surface area contributed by atoms with Gasteiger partial charge in [0.15, 0.2) is 11.6 Å². The van der Waals surface area contributed by atoms with E-state index in [1.165, 1.54) is 12.8 Å². The predicted octanol–water partition coefficient (Wildman–Crippen LogP) is 5.05. The maximum Gasteiger partial charge on any atom is 0.154 e. The zero-order chi connectivity index (χ0) is 32.1. The van der Waals surface area contributed by atoms with E-state index in [2.05, 4.69) is 52.3 Å². The molecular formula is C36H38N12. The van der Waals surface area contributed by atoms with Gasteiger partial charge >= 0.3 is 0 Å². The molecule has 6 aromatic rings.